The van der Waals surface area contributed by atoms with Gasteiger partial charge in [0.15, 0.2) is 0 Å². The van der Waals surface area contributed by atoms with E-state index in [9.17, 15) is 9.59 Å². The van der Waals surface area contributed by atoms with Crippen molar-refractivity contribution in [1.29, 1.82) is 0 Å². The first-order valence-corrected chi connectivity index (χ1v) is 12.4. The van der Waals surface area contributed by atoms with Crippen LogP contribution in [0, 0.1) is 5.92 Å². The Balaban J connectivity index is 1.88. The smallest absolute Gasteiger partial charge is 0.254 e. The summed E-state index contributed by atoms with van der Waals surface area (Å²) in [4.78, 5) is 28.0. The lowest BCUT2D eigenvalue weighted by atomic mass is 9.92. The Bertz CT molecular complexity index is 1230. The van der Waals surface area contributed by atoms with Crippen LogP contribution in [0.2, 0.25) is 10.0 Å². The molecule has 0 fully saturated rings. The molecule has 2 aromatic carbocycles. The van der Waals surface area contributed by atoms with Gasteiger partial charge in [0, 0.05) is 23.6 Å². The SMILES string of the molecule is COc1ccc(C(=O)N(CC(=O)Nc2cc(C(C)(C)C)nn2-c2ccc(Cl)c(Cl)c2)CC(C)C)cc1. The zero-order valence-electron chi connectivity index (χ0n) is 21.4. The first-order chi connectivity index (χ1) is 16.9. The highest BCUT2D eigenvalue weighted by Crippen LogP contribution is 2.29. The standard InChI is InChI=1S/C27H32Cl2N4O3/c1-17(2)15-32(26(35)18-7-10-20(36-6)11-8-18)16-25(34)30-24-14-23(27(3,4)5)31-33(24)19-9-12-21(28)22(29)13-19/h7-14,17H,15-16H2,1-6H3,(H,30,34). The second kappa shape index (κ2) is 11.4. The van der Waals surface area contributed by atoms with E-state index in [-0.39, 0.29) is 29.7 Å². The minimum absolute atomic E-state index is 0.111. The van der Waals surface area contributed by atoms with Gasteiger partial charge in [0.1, 0.15) is 18.1 Å². The van der Waals surface area contributed by atoms with Crippen LogP contribution in [0.4, 0.5) is 5.82 Å². The quantitative estimate of drug-likeness (QED) is 0.374. The number of carbonyl (C=O) groups excluding carboxylic acids is 2. The molecular weight excluding hydrogens is 499 g/mol. The van der Waals surface area contributed by atoms with E-state index in [1.807, 2.05) is 40.7 Å². The van der Waals surface area contributed by atoms with Gasteiger partial charge in [-0.05, 0) is 48.4 Å². The van der Waals surface area contributed by atoms with Gasteiger partial charge in [0.25, 0.3) is 5.91 Å². The van der Waals surface area contributed by atoms with Gasteiger partial charge in [-0.2, -0.15) is 5.10 Å². The largest absolute Gasteiger partial charge is 0.497 e. The molecule has 36 heavy (non-hydrogen) atoms. The van der Waals surface area contributed by atoms with Crippen molar-refractivity contribution in [2.45, 2.75) is 40.0 Å². The summed E-state index contributed by atoms with van der Waals surface area (Å²) in [6, 6.07) is 13.8. The molecule has 0 aliphatic heterocycles. The molecule has 0 atom stereocenters. The van der Waals surface area contributed by atoms with Crippen LogP contribution < -0.4 is 10.1 Å². The highest BCUT2D eigenvalue weighted by Gasteiger charge is 2.24. The first kappa shape index (κ1) is 27.6. The summed E-state index contributed by atoms with van der Waals surface area (Å²) in [7, 11) is 1.57. The lowest BCUT2D eigenvalue weighted by Crippen LogP contribution is -2.40. The fourth-order valence-corrected chi connectivity index (χ4v) is 3.87. The second-order valence-electron chi connectivity index (χ2n) is 10.0. The summed E-state index contributed by atoms with van der Waals surface area (Å²) in [5, 5.41) is 8.45. The average molecular weight is 531 g/mol. The predicted octanol–water partition coefficient (Wildman–Crippen LogP) is 6.22. The number of nitrogens with zero attached hydrogens (tertiary/aromatic N) is 3. The van der Waals surface area contributed by atoms with E-state index >= 15 is 0 Å². The van der Waals surface area contributed by atoms with Crippen LogP contribution in [-0.4, -0.2) is 46.7 Å². The van der Waals surface area contributed by atoms with E-state index in [1.165, 1.54) is 0 Å². The average Bonchev–Trinajstić information content (AvgIpc) is 3.24. The van der Waals surface area contributed by atoms with Crippen molar-refractivity contribution in [3.8, 4) is 11.4 Å². The zero-order chi connectivity index (χ0) is 26.6. The molecule has 0 aliphatic carbocycles. The van der Waals surface area contributed by atoms with Gasteiger partial charge in [-0.25, -0.2) is 4.68 Å². The summed E-state index contributed by atoms with van der Waals surface area (Å²) >= 11 is 12.3. The highest BCUT2D eigenvalue weighted by molar-refractivity contribution is 6.42. The van der Waals surface area contributed by atoms with Gasteiger partial charge in [-0.15, -0.1) is 0 Å². The fourth-order valence-electron chi connectivity index (χ4n) is 3.58. The Hall–Kier alpha value is -3.03. The molecule has 0 aliphatic rings. The maximum absolute atomic E-state index is 13.2. The highest BCUT2D eigenvalue weighted by atomic mass is 35.5. The molecule has 3 rings (SSSR count). The number of hydrogen-bond acceptors (Lipinski definition) is 4. The number of benzene rings is 2. The van der Waals surface area contributed by atoms with E-state index < -0.39 is 0 Å². The monoisotopic (exact) mass is 530 g/mol. The molecule has 0 radical (unpaired) electrons. The van der Waals surface area contributed by atoms with Crippen molar-refractivity contribution < 1.29 is 14.3 Å². The van der Waals surface area contributed by atoms with Crippen molar-refractivity contribution in [1.82, 2.24) is 14.7 Å². The van der Waals surface area contributed by atoms with E-state index in [0.717, 1.165) is 5.69 Å². The molecular formula is C27H32Cl2N4O3. The number of aromatic nitrogens is 2. The molecule has 7 nitrogen and oxygen atoms in total. The molecule has 2 amide bonds. The second-order valence-corrected chi connectivity index (χ2v) is 10.8. The summed E-state index contributed by atoms with van der Waals surface area (Å²) < 4.78 is 6.80. The third kappa shape index (κ3) is 6.80. The summed E-state index contributed by atoms with van der Waals surface area (Å²) in [6.07, 6.45) is 0. The minimum atomic E-state index is -0.334. The minimum Gasteiger partial charge on any atom is -0.497 e. The molecule has 0 saturated heterocycles. The topological polar surface area (TPSA) is 76.5 Å². The van der Waals surface area contributed by atoms with Crippen LogP contribution in [0.5, 0.6) is 5.75 Å². The van der Waals surface area contributed by atoms with Gasteiger partial charge >= 0.3 is 0 Å². The van der Waals surface area contributed by atoms with Crippen molar-refractivity contribution in [3.05, 3.63) is 69.8 Å². The number of rotatable bonds is 8. The van der Waals surface area contributed by atoms with Crippen molar-refractivity contribution in [2.75, 3.05) is 25.5 Å². The van der Waals surface area contributed by atoms with E-state index in [0.29, 0.717) is 39.4 Å². The third-order valence-corrected chi connectivity index (χ3v) is 6.18. The number of halogens is 2. The Kier molecular flexibility index (Phi) is 8.69. The van der Waals surface area contributed by atoms with Crippen molar-refractivity contribution >= 4 is 40.8 Å². The number of nitrogens with one attached hydrogen (secondary N) is 1. The lowest BCUT2D eigenvalue weighted by molar-refractivity contribution is -0.117. The van der Waals surface area contributed by atoms with Crippen molar-refractivity contribution in [2.24, 2.45) is 5.92 Å². The number of ether oxygens (including phenoxy) is 1. The molecule has 1 heterocycles. The fraction of sp³-hybridized carbons (Fsp3) is 0.370. The van der Waals surface area contributed by atoms with Gasteiger partial charge in [-0.3, -0.25) is 9.59 Å². The maximum Gasteiger partial charge on any atom is 0.254 e. The molecule has 0 saturated carbocycles. The van der Waals surface area contributed by atoms with Crippen molar-refractivity contribution in [3.63, 3.8) is 0 Å². The predicted molar refractivity (Wildman–Crippen MR) is 145 cm³/mol. The van der Waals surface area contributed by atoms with Gasteiger partial charge in [0.2, 0.25) is 5.91 Å². The number of amides is 2. The molecule has 0 unspecified atom stereocenters. The summed E-state index contributed by atoms with van der Waals surface area (Å²) in [6.45, 7) is 10.4. The van der Waals surface area contributed by atoms with E-state index in [4.69, 9.17) is 33.0 Å². The molecule has 9 heteroatoms. The number of hydrogen-bond donors (Lipinski definition) is 1. The Morgan fingerprint density at radius 1 is 1.06 bits per heavy atom. The number of carbonyl (C=O) groups is 2. The van der Waals surface area contributed by atoms with Crippen LogP contribution in [-0.2, 0) is 10.2 Å². The van der Waals surface area contributed by atoms with Gasteiger partial charge in [0.05, 0.1) is 28.5 Å². The Labute approximate surface area is 222 Å². The first-order valence-electron chi connectivity index (χ1n) is 11.7. The molecule has 0 bridgehead atoms. The van der Waals surface area contributed by atoms with Crippen LogP contribution in [0.25, 0.3) is 5.69 Å². The third-order valence-electron chi connectivity index (χ3n) is 5.44. The Morgan fingerprint density at radius 3 is 2.28 bits per heavy atom. The molecule has 0 spiro atoms. The lowest BCUT2D eigenvalue weighted by Gasteiger charge is -2.24. The van der Waals surface area contributed by atoms with Crippen LogP contribution in [0.3, 0.4) is 0 Å². The molecule has 192 valence electrons. The summed E-state index contributed by atoms with van der Waals surface area (Å²) in [5.41, 5.74) is 1.68. The van der Waals surface area contributed by atoms with Crippen LogP contribution >= 0.6 is 23.2 Å². The van der Waals surface area contributed by atoms with Crippen LogP contribution in [0.15, 0.2) is 48.5 Å². The van der Waals surface area contributed by atoms with Crippen LogP contribution in [0.1, 0.15) is 50.7 Å². The normalized spacial score (nSPS) is 11.5. The van der Waals surface area contributed by atoms with E-state index in [2.05, 4.69) is 5.32 Å². The molecule has 3 aromatic rings. The molecule has 1 N–H and O–H groups in total. The number of anilines is 1. The van der Waals surface area contributed by atoms with Gasteiger partial charge < -0.3 is 15.0 Å². The van der Waals surface area contributed by atoms with E-state index in [1.54, 1.807) is 59.2 Å². The summed E-state index contributed by atoms with van der Waals surface area (Å²) in [5.74, 6) is 0.748. The molecule has 1 aromatic heterocycles. The zero-order valence-corrected chi connectivity index (χ0v) is 22.9. The maximum atomic E-state index is 13.2. The number of methoxy groups -OCH3 is 1. The van der Waals surface area contributed by atoms with Gasteiger partial charge in [-0.1, -0.05) is 57.8 Å². The Morgan fingerprint density at radius 2 is 1.72 bits per heavy atom.